The van der Waals surface area contributed by atoms with E-state index in [2.05, 4.69) is 16.0 Å². The second-order valence-corrected chi connectivity index (χ2v) is 8.85. The number of hydrogen-bond acceptors (Lipinski definition) is 8. The molecular formula is C22H31N5O8S. The van der Waals surface area contributed by atoms with Gasteiger partial charge in [0.25, 0.3) is 0 Å². The molecule has 4 atom stereocenters. The Morgan fingerprint density at radius 2 is 1.42 bits per heavy atom. The molecule has 198 valence electrons. The zero-order valence-electron chi connectivity index (χ0n) is 19.6. The van der Waals surface area contributed by atoms with Crippen LogP contribution in [0.2, 0.25) is 0 Å². The van der Waals surface area contributed by atoms with Crippen molar-refractivity contribution in [3.05, 3.63) is 35.9 Å². The van der Waals surface area contributed by atoms with E-state index < -0.39 is 72.6 Å². The monoisotopic (exact) mass is 525 g/mol. The Bertz CT molecular complexity index is 946. The maximum absolute atomic E-state index is 13.1. The second kappa shape index (κ2) is 15.4. The van der Waals surface area contributed by atoms with E-state index in [1.54, 1.807) is 36.6 Å². The zero-order chi connectivity index (χ0) is 27.3. The lowest BCUT2D eigenvalue weighted by atomic mass is 10.0. The smallest absolute Gasteiger partial charge is 0.326 e. The molecule has 14 heteroatoms. The minimum atomic E-state index is -1.72. The molecule has 0 fully saturated rings. The third-order valence-corrected chi connectivity index (χ3v) is 5.55. The number of carbonyl (C=O) groups excluding carboxylic acids is 4. The zero-order valence-corrected chi connectivity index (χ0v) is 20.5. The summed E-state index contributed by atoms with van der Waals surface area (Å²) in [6.45, 7) is 0. The van der Waals surface area contributed by atoms with E-state index in [-0.39, 0.29) is 12.8 Å². The van der Waals surface area contributed by atoms with Gasteiger partial charge in [-0.1, -0.05) is 30.3 Å². The summed E-state index contributed by atoms with van der Waals surface area (Å²) in [5.74, 6) is -5.77. The molecule has 0 aliphatic rings. The van der Waals surface area contributed by atoms with E-state index in [0.29, 0.717) is 11.3 Å². The summed E-state index contributed by atoms with van der Waals surface area (Å²) in [7, 11) is 0. The molecular weight excluding hydrogens is 494 g/mol. The number of carboxylic acid groups (broad SMARTS) is 2. The molecule has 4 unspecified atom stereocenters. The van der Waals surface area contributed by atoms with E-state index in [1.807, 2.05) is 0 Å². The first-order valence-electron chi connectivity index (χ1n) is 10.9. The van der Waals surface area contributed by atoms with E-state index in [0.717, 1.165) is 0 Å². The summed E-state index contributed by atoms with van der Waals surface area (Å²) < 4.78 is 0. The minimum Gasteiger partial charge on any atom is -0.481 e. The maximum atomic E-state index is 13.1. The molecule has 4 amide bonds. The predicted molar refractivity (Wildman–Crippen MR) is 131 cm³/mol. The highest BCUT2D eigenvalue weighted by molar-refractivity contribution is 7.98. The Hall–Kier alpha value is -3.65. The fraction of sp³-hybridized carbons (Fsp3) is 0.455. The molecule has 0 spiro atoms. The van der Waals surface area contributed by atoms with Gasteiger partial charge < -0.3 is 37.6 Å². The lowest BCUT2D eigenvalue weighted by molar-refractivity contribution is -0.147. The van der Waals surface area contributed by atoms with Gasteiger partial charge >= 0.3 is 11.9 Å². The summed E-state index contributed by atoms with van der Waals surface area (Å²) >= 11 is 1.40. The molecule has 36 heavy (non-hydrogen) atoms. The van der Waals surface area contributed by atoms with Gasteiger partial charge in [-0.3, -0.25) is 24.0 Å². The van der Waals surface area contributed by atoms with Crippen LogP contribution in [0.5, 0.6) is 0 Å². The van der Waals surface area contributed by atoms with Crippen molar-refractivity contribution in [1.29, 1.82) is 0 Å². The number of hydrogen-bond donors (Lipinski definition) is 7. The van der Waals surface area contributed by atoms with Crippen LogP contribution in [-0.2, 0) is 35.2 Å². The van der Waals surface area contributed by atoms with E-state index in [1.165, 1.54) is 11.8 Å². The van der Waals surface area contributed by atoms with Crippen molar-refractivity contribution in [2.24, 2.45) is 11.5 Å². The van der Waals surface area contributed by atoms with E-state index in [9.17, 15) is 33.9 Å². The van der Waals surface area contributed by atoms with Crippen LogP contribution >= 0.6 is 11.8 Å². The molecule has 1 aromatic rings. The number of amides is 4. The van der Waals surface area contributed by atoms with Gasteiger partial charge in [-0.2, -0.15) is 11.8 Å². The molecule has 0 bridgehead atoms. The first-order chi connectivity index (χ1) is 16.9. The molecule has 0 saturated carbocycles. The number of aliphatic carboxylic acids is 2. The molecule has 0 saturated heterocycles. The standard InChI is InChI=1S/C22H31N5O8S/c1-36-8-7-14(25-19(31)13(23)10-17(24)28)20(32)26-15(9-12-5-3-2-4-6-12)21(33)27-16(22(34)35)11-18(29)30/h2-6,13-16H,7-11,23H2,1H3,(H2,24,28)(H,25,31)(H,26,32)(H,27,33)(H,29,30)(H,34,35). The highest BCUT2D eigenvalue weighted by Gasteiger charge is 2.31. The first-order valence-corrected chi connectivity index (χ1v) is 12.3. The number of nitrogens with one attached hydrogen (secondary N) is 3. The van der Waals surface area contributed by atoms with Gasteiger partial charge in [0.2, 0.25) is 23.6 Å². The maximum Gasteiger partial charge on any atom is 0.326 e. The van der Waals surface area contributed by atoms with Crippen LogP contribution in [0.4, 0.5) is 0 Å². The van der Waals surface area contributed by atoms with Crippen molar-refractivity contribution in [2.45, 2.75) is 49.9 Å². The SMILES string of the molecule is CSCCC(NC(=O)C(N)CC(N)=O)C(=O)NC(Cc1ccccc1)C(=O)NC(CC(=O)O)C(=O)O. The van der Waals surface area contributed by atoms with Crippen LogP contribution in [0.25, 0.3) is 0 Å². The molecule has 1 rings (SSSR count). The number of thioether (sulfide) groups is 1. The van der Waals surface area contributed by atoms with Crippen LogP contribution in [0.1, 0.15) is 24.8 Å². The van der Waals surface area contributed by atoms with Gasteiger partial charge in [-0.05, 0) is 24.0 Å². The van der Waals surface area contributed by atoms with Gasteiger partial charge in [0, 0.05) is 6.42 Å². The van der Waals surface area contributed by atoms with E-state index in [4.69, 9.17) is 16.6 Å². The third-order valence-electron chi connectivity index (χ3n) is 4.91. The molecule has 0 heterocycles. The molecule has 0 radical (unpaired) electrons. The van der Waals surface area contributed by atoms with Crippen LogP contribution in [0.15, 0.2) is 30.3 Å². The average molecular weight is 526 g/mol. The number of nitrogens with two attached hydrogens (primary N) is 2. The highest BCUT2D eigenvalue weighted by Crippen LogP contribution is 2.07. The summed E-state index contributed by atoms with van der Waals surface area (Å²) in [6.07, 6.45) is 0.621. The first kappa shape index (κ1) is 30.4. The van der Waals surface area contributed by atoms with Crippen molar-refractivity contribution in [2.75, 3.05) is 12.0 Å². The van der Waals surface area contributed by atoms with Gasteiger partial charge in [0.05, 0.1) is 18.9 Å². The Morgan fingerprint density at radius 1 is 0.861 bits per heavy atom. The number of benzene rings is 1. The molecule has 1 aromatic carbocycles. The Kier molecular flexibility index (Phi) is 13.0. The number of carboxylic acids is 2. The summed E-state index contributed by atoms with van der Waals surface area (Å²) in [4.78, 5) is 71.8. The largest absolute Gasteiger partial charge is 0.481 e. The minimum absolute atomic E-state index is 0.0395. The van der Waals surface area contributed by atoms with Crippen LogP contribution < -0.4 is 27.4 Å². The van der Waals surface area contributed by atoms with Crippen molar-refractivity contribution in [3.8, 4) is 0 Å². The molecule has 0 aromatic heterocycles. The van der Waals surface area contributed by atoms with Gasteiger partial charge in [-0.25, -0.2) is 4.79 Å². The fourth-order valence-corrected chi connectivity index (χ4v) is 3.54. The topological polar surface area (TPSA) is 231 Å². The molecule has 0 aliphatic heterocycles. The number of rotatable bonds is 16. The molecule has 0 aliphatic carbocycles. The lowest BCUT2D eigenvalue weighted by Crippen LogP contribution is -2.58. The summed E-state index contributed by atoms with van der Waals surface area (Å²) in [5, 5.41) is 25.3. The summed E-state index contributed by atoms with van der Waals surface area (Å²) in [5.41, 5.74) is 11.3. The van der Waals surface area contributed by atoms with Crippen LogP contribution in [0, 0.1) is 0 Å². The second-order valence-electron chi connectivity index (χ2n) is 7.87. The van der Waals surface area contributed by atoms with Gasteiger partial charge in [0.1, 0.15) is 18.1 Å². The normalized spacial score (nSPS) is 13.9. The van der Waals surface area contributed by atoms with Crippen LogP contribution in [-0.4, -0.2) is 82.0 Å². The Morgan fingerprint density at radius 3 is 1.94 bits per heavy atom. The number of primary amides is 1. The van der Waals surface area contributed by atoms with Gasteiger partial charge in [0.15, 0.2) is 0 Å². The van der Waals surface area contributed by atoms with Crippen LogP contribution in [0.3, 0.4) is 0 Å². The Balaban J connectivity index is 3.11. The third kappa shape index (κ3) is 11.2. The quantitative estimate of drug-likeness (QED) is 0.128. The van der Waals surface area contributed by atoms with Gasteiger partial charge in [-0.15, -0.1) is 0 Å². The van der Waals surface area contributed by atoms with Crippen molar-refractivity contribution >= 4 is 47.3 Å². The lowest BCUT2D eigenvalue weighted by Gasteiger charge is -2.25. The predicted octanol–water partition coefficient (Wildman–Crippen LogP) is -1.80. The van der Waals surface area contributed by atoms with Crippen molar-refractivity contribution in [3.63, 3.8) is 0 Å². The molecule has 9 N–H and O–H groups in total. The Labute approximate surface area is 211 Å². The fourth-order valence-electron chi connectivity index (χ4n) is 3.07. The molecule has 13 nitrogen and oxygen atoms in total. The van der Waals surface area contributed by atoms with Crippen molar-refractivity contribution < 1.29 is 39.0 Å². The summed E-state index contributed by atoms with van der Waals surface area (Å²) in [6, 6.07) is 3.13. The average Bonchev–Trinajstić information content (AvgIpc) is 2.80. The number of carbonyl (C=O) groups is 6. The van der Waals surface area contributed by atoms with Crippen molar-refractivity contribution in [1.82, 2.24) is 16.0 Å². The van der Waals surface area contributed by atoms with E-state index >= 15 is 0 Å². The highest BCUT2D eigenvalue weighted by atomic mass is 32.2.